The largest absolute Gasteiger partial charge is 0.496 e. The highest BCUT2D eigenvalue weighted by atomic mass is 16.5. The van der Waals surface area contributed by atoms with Crippen LogP contribution in [0.25, 0.3) is 0 Å². The summed E-state index contributed by atoms with van der Waals surface area (Å²) < 4.78 is 15.9. The van der Waals surface area contributed by atoms with Crippen LogP contribution in [0.4, 0.5) is 5.95 Å². The second kappa shape index (κ2) is 7.52. The van der Waals surface area contributed by atoms with Crippen LogP contribution in [0.15, 0.2) is 24.3 Å². The van der Waals surface area contributed by atoms with Gasteiger partial charge in [-0.2, -0.15) is 9.97 Å². The molecule has 0 saturated carbocycles. The Kier molecular flexibility index (Phi) is 5.18. The van der Waals surface area contributed by atoms with E-state index in [0.717, 1.165) is 30.9 Å². The molecule has 1 aromatic carbocycles. The summed E-state index contributed by atoms with van der Waals surface area (Å²) in [5.74, 6) is 1.43. The van der Waals surface area contributed by atoms with Gasteiger partial charge in [0.25, 0.3) is 0 Å². The van der Waals surface area contributed by atoms with Gasteiger partial charge in [0.2, 0.25) is 5.95 Å². The van der Waals surface area contributed by atoms with Gasteiger partial charge in [-0.15, -0.1) is 4.98 Å². The normalized spacial score (nSPS) is 18.1. The number of piperazine rings is 1. The molecule has 0 unspecified atom stereocenters. The molecule has 0 amide bonds. The van der Waals surface area contributed by atoms with E-state index >= 15 is 0 Å². The van der Waals surface area contributed by atoms with Crippen molar-refractivity contribution in [1.29, 1.82) is 0 Å². The molecule has 0 bridgehead atoms. The molecule has 25 heavy (non-hydrogen) atoms. The smallest absolute Gasteiger partial charge is 0.324 e. The van der Waals surface area contributed by atoms with Crippen molar-refractivity contribution in [3.05, 3.63) is 29.8 Å². The molecule has 1 aliphatic heterocycles. The van der Waals surface area contributed by atoms with Crippen molar-refractivity contribution in [3.8, 4) is 17.8 Å². The molecular formula is C17H23N5O3. The van der Waals surface area contributed by atoms with Crippen molar-refractivity contribution in [2.24, 2.45) is 0 Å². The van der Waals surface area contributed by atoms with Crippen molar-refractivity contribution in [2.45, 2.75) is 6.04 Å². The molecule has 1 saturated heterocycles. The summed E-state index contributed by atoms with van der Waals surface area (Å²) in [6.45, 7) is 2.41. The second-order valence-electron chi connectivity index (χ2n) is 5.79. The van der Waals surface area contributed by atoms with Gasteiger partial charge >= 0.3 is 12.0 Å². The van der Waals surface area contributed by atoms with E-state index in [1.165, 1.54) is 14.2 Å². The Labute approximate surface area is 147 Å². The molecule has 1 aromatic heterocycles. The number of likely N-dealkylation sites (N-methyl/N-ethyl adjacent to an activating group) is 1. The van der Waals surface area contributed by atoms with Crippen LogP contribution in [0.1, 0.15) is 11.6 Å². The number of hydrogen-bond donors (Lipinski definition) is 0. The molecule has 0 aliphatic carbocycles. The van der Waals surface area contributed by atoms with Gasteiger partial charge in [0.15, 0.2) is 0 Å². The van der Waals surface area contributed by atoms with Gasteiger partial charge in [-0.25, -0.2) is 0 Å². The average molecular weight is 345 g/mol. The highest BCUT2D eigenvalue weighted by molar-refractivity contribution is 5.40. The molecule has 3 rings (SSSR count). The lowest BCUT2D eigenvalue weighted by molar-refractivity contribution is 0.214. The maximum Gasteiger partial charge on any atom is 0.324 e. The summed E-state index contributed by atoms with van der Waals surface area (Å²) >= 11 is 0. The Morgan fingerprint density at radius 1 is 0.920 bits per heavy atom. The maximum atomic E-state index is 5.53. The Hall–Kier alpha value is -2.61. The minimum Gasteiger partial charge on any atom is -0.496 e. The molecule has 2 aromatic rings. The number of para-hydroxylation sites is 1. The number of ether oxygens (including phenoxy) is 3. The van der Waals surface area contributed by atoms with Gasteiger partial charge in [0.05, 0.1) is 27.4 Å². The van der Waals surface area contributed by atoms with Crippen LogP contribution in [0.3, 0.4) is 0 Å². The molecule has 134 valence electrons. The van der Waals surface area contributed by atoms with E-state index in [1.54, 1.807) is 7.11 Å². The molecule has 2 heterocycles. The average Bonchev–Trinajstić information content (AvgIpc) is 2.67. The molecule has 0 spiro atoms. The fourth-order valence-electron chi connectivity index (χ4n) is 2.98. The Morgan fingerprint density at radius 3 is 2.24 bits per heavy atom. The molecule has 1 aliphatic rings. The monoisotopic (exact) mass is 345 g/mol. The van der Waals surface area contributed by atoms with Gasteiger partial charge in [-0.3, -0.25) is 4.90 Å². The second-order valence-corrected chi connectivity index (χ2v) is 5.79. The van der Waals surface area contributed by atoms with Crippen LogP contribution in [-0.4, -0.2) is 67.9 Å². The lowest BCUT2D eigenvalue weighted by Crippen LogP contribution is -2.47. The third-order valence-electron chi connectivity index (χ3n) is 4.38. The van der Waals surface area contributed by atoms with E-state index < -0.39 is 0 Å². The molecule has 8 nitrogen and oxygen atoms in total. The van der Waals surface area contributed by atoms with Gasteiger partial charge in [-0.05, 0) is 13.1 Å². The maximum absolute atomic E-state index is 5.53. The van der Waals surface area contributed by atoms with Crippen molar-refractivity contribution in [1.82, 2.24) is 19.9 Å². The number of anilines is 1. The standard InChI is InChI=1S/C17H23N5O3/c1-21-9-10-22(15-18-16(24-3)20-17(19-15)25-4)11-13(21)12-7-5-6-8-14(12)23-2/h5-8,13H,9-11H2,1-4H3/t13-/m0/s1. The summed E-state index contributed by atoms with van der Waals surface area (Å²) in [4.78, 5) is 17.2. The van der Waals surface area contributed by atoms with E-state index in [9.17, 15) is 0 Å². The van der Waals surface area contributed by atoms with Gasteiger partial charge in [-0.1, -0.05) is 18.2 Å². The van der Waals surface area contributed by atoms with Gasteiger partial charge in [0, 0.05) is 25.2 Å². The van der Waals surface area contributed by atoms with Crippen molar-refractivity contribution in [2.75, 3.05) is 52.9 Å². The molecule has 0 N–H and O–H groups in total. The summed E-state index contributed by atoms with van der Waals surface area (Å²) in [5, 5.41) is 0. The number of hydrogen-bond acceptors (Lipinski definition) is 8. The van der Waals surface area contributed by atoms with Crippen LogP contribution >= 0.6 is 0 Å². The number of nitrogens with zero attached hydrogens (tertiary/aromatic N) is 5. The predicted octanol–water partition coefficient (Wildman–Crippen LogP) is 1.39. The lowest BCUT2D eigenvalue weighted by atomic mass is 10.0. The van der Waals surface area contributed by atoms with Crippen molar-refractivity contribution >= 4 is 5.95 Å². The number of methoxy groups -OCH3 is 3. The number of rotatable bonds is 5. The quantitative estimate of drug-likeness (QED) is 0.805. The fourth-order valence-corrected chi connectivity index (χ4v) is 2.98. The Morgan fingerprint density at radius 2 is 1.60 bits per heavy atom. The Balaban J connectivity index is 1.90. The van der Waals surface area contributed by atoms with E-state index in [4.69, 9.17) is 14.2 Å². The summed E-state index contributed by atoms with van der Waals surface area (Å²) in [6.07, 6.45) is 0. The summed E-state index contributed by atoms with van der Waals surface area (Å²) in [6, 6.07) is 8.74. The molecule has 0 radical (unpaired) electrons. The number of aromatic nitrogens is 3. The predicted molar refractivity (Wildman–Crippen MR) is 93.5 cm³/mol. The first-order chi connectivity index (χ1) is 12.2. The van der Waals surface area contributed by atoms with Crippen LogP contribution in [0.5, 0.6) is 17.8 Å². The molecule has 1 atom stereocenters. The van der Waals surface area contributed by atoms with Gasteiger partial charge < -0.3 is 19.1 Å². The van der Waals surface area contributed by atoms with Crippen molar-refractivity contribution < 1.29 is 14.2 Å². The first-order valence-corrected chi connectivity index (χ1v) is 8.08. The third-order valence-corrected chi connectivity index (χ3v) is 4.38. The zero-order valence-corrected chi connectivity index (χ0v) is 15.0. The topological polar surface area (TPSA) is 72.8 Å². The Bertz CT molecular complexity index is 705. The van der Waals surface area contributed by atoms with Crippen LogP contribution in [-0.2, 0) is 0 Å². The first-order valence-electron chi connectivity index (χ1n) is 8.08. The third kappa shape index (κ3) is 3.58. The van der Waals surface area contributed by atoms with Gasteiger partial charge in [0.1, 0.15) is 5.75 Å². The highest BCUT2D eigenvalue weighted by Gasteiger charge is 2.29. The number of benzene rings is 1. The minimum atomic E-state index is 0.165. The highest BCUT2D eigenvalue weighted by Crippen LogP contribution is 2.32. The zero-order chi connectivity index (χ0) is 17.8. The fraction of sp³-hybridized carbons (Fsp3) is 0.471. The van der Waals surface area contributed by atoms with E-state index in [2.05, 4.69) is 37.9 Å². The molecule has 1 fully saturated rings. The zero-order valence-electron chi connectivity index (χ0n) is 15.0. The van der Waals surface area contributed by atoms with E-state index in [0.29, 0.717) is 5.95 Å². The van der Waals surface area contributed by atoms with Crippen molar-refractivity contribution in [3.63, 3.8) is 0 Å². The summed E-state index contributed by atoms with van der Waals surface area (Å²) in [7, 11) is 6.87. The van der Waals surface area contributed by atoms with Crippen LogP contribution < -0.4 is 19.1 Å². The van der Waals surface area contributed by atoms with E-state index in [-0.39, 0.29) is 18.1 Å². The van der Waals surface area contributed by atoms with Crippen LogP contribution in [0, 0.1) is 0 Å². The van der Waals surface area contributed by atoms with E-state index in [1.807, 2.05) is 18.2 Å². The minimum absolute atomic E-state index is 0.165. The first kappa shape index (κ1) is 17.2. The molecule has 8 heteroatoms. The summed E-state index contributed by atoms with van der Waals surface area (Å²) in [5.41, 5.74) is 1.14. The molecular weight excluding hydrogens is 322 g/mol. The SMILES string of the molecule is COc1nc(OC)nc(N2CCN(C)[C@H](c3ccccc3OC)C2)n1. The lowest BCUT2D eigenvalue weighted by Gasteiger charge is -2.40. The van der Waals surface area contributed by atoms with Crippen LogP contribution in [0.2, 0.25) is 0 Å².